The minimum Gasteiger partial charge on any atom is -0.246 e. The lowest BCUT2D eigenvalue weighted by Crippen LogP contribution is -1.95. The maximum absolute atomic E-state index is 5.53. The Morgan fingerprint density at radius 3 is 1.44 bits per heavy atom. The first-order valence-electron chi connectivity index (χ1n) is 17.6. The van der Waals surface area contributed by atoms with Crippen molar-refractivity contribution in [1.82, 2.24) is 15.0 Å². The van der Waals surface area contributed by atoms with E-state index in [2.05, 4.69) is 170 Å². The SMILES string of the molecule is c1ccc(-c2ccc(-c3nc4c(-c5ccc6ccc7ccc(-c8ccccc8)nc7c6n5)cccc4c4c(-c5ccccc5)cccc34)cc2)cc1. The van der Waals surface area contributed by atoms with Gasteiger partial charge in [-0.2, -0.15) is 0 Å². The molecule has 0 atom stereocenters. The molecule has 0 aliphatic rings. The number of nitrogens with zero attached hydrogens (tertiary/aromatic N) is 3. The highest BCUT2D eigenvalue weighted by atomic mass is 14.8. The molecular formula is C49H31N3. The summed E-state index contributed by atoms with van der Waals surface area (Å²) >= 11 is 0. The smallest absolute Gasteiger partial charge is 0.0972 e. The topological polar surface area (TPSA) is 38.7 Å². The van der Waals surface area contributed by atoms with Crippen LogP contribution in [0.1, 0.15) is 0 Å². The average Bonchev–Trinajstić information content (AvgIpc) is 3.23. The molecule has 0 radical (unpaired) electrons. The summed E-state index contributed by atoms with van der Waals surface area (Å²) in [6.07, 6.45) is 0. The summed E-state index contributed by atoms with van der Waals surface area (Å²) < 4.78 is 0. The lowest BCUT2D eigenvalue weighted by molar-refractivity contribution is 1.36. The Kier molecular flexibility index (Phi) is 7.14. The van der Waals surface area contributed by atoms with E-state index in [9.17, 15) is 0 Å². The van der Waals surface area contributed by atoms with E-state index in [0.717, 1.165) is 71.9 Å². The van der Waals surface area contributed by atoms with E-state index in [1.165, 1.54) is 27.6 Å². The highest BCUT2D eigenvalue weighted by Crippen LogP contribution is 2.41. The van der Waals surface area contributed by atoms with Crippen molar-refractivity contribution in [3.63, 3.8) is 0 Å². The zero-order valence-electron chi connectivity index (χ0n) is 28.2. The molecule has 3 heterocycles. The first-order valence-corrected chi connectivity index (χ1v) is 17.6. The molecule has 3 aromatic heterocycles. The highest BCUT2D eigenvalue weighted by molar-refractivity contribution is 6.19. The van der Waals surface area contributed by atoms with Gasteiger partial charge >= 0.3 is 0 Å². The van der Waals surface area contributed by atoms with Gasteiger partial charge in [0.05, 0.1) is 33.6 Å². The Hall–Kier alpha value is -6.97. The fourth-order valence-corrected chi connectivity index (χ4v) is 7.50. The fourth-order valence-electron chi connectivity index (χ4n) is 7.50. The number of aromatic nitrogens is 3. The van der Waals surface area contributed by atoms with Crippen LogP contribution in [0, 0.1) is 0 Å². The van der Waals surface area contributed by atoms with Crippen molar-refractivity contribution in [2.45, 2.75) is 0 Å². The van der Waals surface area contributed by atoms with Crippen molar-refractivity contribution < 1.29 is 0 Å². The van der Waals surface area contributed by atoms with Crippen molar-refractivity contribution in [2.24, 2.45) is 0 Å². The zero-order chi connectivity index (χ0) is 34.4. The van der Waals surface area contributed by atoms with Gasteiger partial charge in [-0.1, -0.05) is 176 Å². The van der Waals surface area contributed by atoms with Gasteiger partial charge < -0.3 is 0 Å². The van der Waals surface area contributed by atoms with Gasteiger partial charge in [0.15, 0.2) is 0 Å². The van der Waals surface area contributed by atoms with Gasteiger partial charge in [0.25, 0.3) is 0 Å². The molecule has 0 saturated carbocycles. The summed E-state index contributed by atoms with van der Waals surface area (Å²) in [5.74, 6) is 0. The summed E-state index contributed by atoms with van der Waals surface area (Å²) in [6, 6.07) is 66.1. The molecule has 0 aliphatic carbocycles. The Morgan fingerprint density at radius 2 is 0.769 bits per heavy atom. The zero-order valence-corrected chi connectivity index (χ0v) is 28.2. The minimum atomic E-state index is 0.868. The quantitative estimate of drug-likeness (QED) is 0.172. The number of para-hydroxylation sites is 1. The maximum Gasteiger partial charge on any atom is 0.0972 e. The molecule has 0 spiro atoms. The van der Waals surface area contributed by atoms with Gasteiger partial charge in [0.1, 0.15) is 0 Å². The van der Waals surface area contributed by atoms with Gasteiger partial charge in [0, 0.05) is 43.6 Å². The number of fused-ring (bicyclic) bond motifs is 6. The Morgan fingerprint density at radius 1 is 0.269 bits per heavy atom. The van der Waals surface area contributed by atoms with Crippen molar-refractivity contribution in [3.8, 4) is 56.0 Å². The molecule has 3 heteroatoms. The molecule has 242 valence electrons. The van der Waals surface area contributed by atoms with E-state index in [1.807, 2.05) is 18.2 Å². The lowest BCUT2D eigenvalue weighted by Gasteiger charge is -2.16. The number of benzene rings is 7. The molecule has 10 rings (SSSR count). The second-order valence-electron chi connectivity index (χ2n) is 13.2. The number of pyridine rings is 3. The molecule has 0 unspecified atom stereocenters. The van der Waals surface area contributed by atoms with E-state index in [-0.39, 0.29) is 0 Å². The van der Waals surface area contributed by atoms with E-state index >= 15 is 0 Å². The molecule has 7 aromatic carbocycles. The highest BCUT2D eigenvalue weighted by Gasteiger charge is 2.18. The summed E-state index contributed by atoms with van der Waals surface area (Å²) in [4.78, 5) is 16.1. The summed E-state index contributed by atoms with van der Waals surface area (Å²) in [5.41, 5.74) is 13.3. The van der Waals surface area contributed by atoms with E-state index in [0.29, 0.717) is 0 Å². The maximum atomic E-state index is 5.53. The number of hydrogen-bond acceptors (Lipinski definition) is 3. The van der Waals surface area contributed by atoms with Crippen LogP contribution < -0.4 is 0 Å². The standard InChI is InChI=1S/C49H31N3/c1-4-12-32(13-5-1)33-22-24-36(25-23-33)46-41-20-10-18-39(34-14-6-2-7-15-34)45(41)42-21-11-19-40(49(42)52-46)44-31-29-38-27-26-37-28-30-43(35-16-8-3-9-17-35)50-47(37)48(38)51-44/h1-31H. The fraction of sp³-hybridized carbons (Fsp3) is 0. The van der Waals surface area contributed by atoms with Crippen LogP contribution in [0.4, 0.5) is 0 Å². The van der Waals surface area contributed by atoms with Crippen LogP contribution >= 0.6 is 0 Å². The predicted octanol–water partition coefficient (Wildman–Crippen LogP) is 12.8. The van der Waals surface area contributed by atoms with E-state index < -0.39 is 0 Å². The molecule has 0 aliphatic heterocycles. The van der Waals surface area contributed by atoms with Crippen LogP contribution in [0.3, 0.4) is 0 Å². The minimum absolute atomic E-state index is 0.868. The van der Waals surface area contributed by atoms with Gasteiger partial charge in [-0.3, -0.25) is 0 Å². The van der Waals surface area contributed by atoms with Crippen molar-refractivity contribution in [2.75, 3.05) is 0 Å². The molecule has 52 heavy (non-hydrogen) atoms. The van der Waals surface area contributed by atoms with Gasteiger partial charge in [-0.05, 0) is 34.4 Å². The third kappa shape index (κ3) is 5.10. The molecular weight excluding hydrogens is 631 g/mol. The number of hydrogen-bond donors (Lipinski definition) is 0. The third-order valence-corrected chi connectivity index (χ3v) is 10.1. The van der Waals surface area contributed by atoms with Crippen LogP contribution in [0.15, 0.2) is 188 Å². The molecule has 0 fully saturated rings. The predicted molar refractivity (Wildman–Crippen MR) is 217 cm³/mol. The number of rotatable bonds is 5. The van der Waals surface area contributed by atoms with Crippen molar-refractivity contribution >= 4 is 43.5 Å². The van der Waals surface area contributed by atoms with Crippen LogP contribution in [-0.2, 0) is 0 Å². The lowest BCUT2D eigenvalue weighted by atomic mass is 9.91. The van der Waals surface area contributed by atoms with E-state index in [1.54, 1.807) is 0 Å². The first kappa shape index (κ1) is 29.9. The summed E-state index contributed by atoms with van der Waals surface area (Å²) in [7, 11) is 0. The Bertz CT molecular complexity index is 2920. The normalized spacial score (nSPS) is 11.5. The first-order chi connectivity index (χ1) is 25.8. The van der Waals surface area contributed by atoms with Gasteiger partial charge in [0.2, 0.25) is 0 Å². The third-order valence-electron chi connectivity index (χ3n) is 10.1. The van der Waals surface area contributed by atoms with Gasteiger partial charge in [-0.15, -0.1) is 0 Å². The largest absolute Gasteiger partial charge is 0.246 e. The molecule has 0 saturated heterocycles. The molecule has 0 bridgehead atoms. The monoisotopic (exact) mass is 661 g/mol. The van der Waals surface area contributed by atoms with Crippen molar-refractivity contribution in [3.05, 3.63) is 188 Å². The van der Waals surface area contributed by atoms with Crippen LogP contribution in [-0.4, -0.2) is 15.0 Å². The molecule has 3 nitrogen and oxygen atoms in total. The second kappa shape index (κ2) is 12.4. The average molecular weight is 662 g/mol. The van der Waals surface area contributed by atoms with Crippen LogP contribution in [0.5, 0.6) is 0 Å². The van der Waals surface area contributed by atoms with Crippen LogP contribution in [0.2, 0.25) is 0 Å². The molecule has 0 amide bonds. The second-order valence-corrected chi connectivity index (χ2v) is 13.2. The molecule has 0 N–H and O–H groups in total. The van der Waals surface area contributed by atoms with Crippen molar-refractivity contribution in [1.29, 1.82) is 0 Å². The Balaban J connectivity index is 1.22. The van der Waals surface area contributed by atoms with E-state index in [4.69, 9.17) is 15.0 Å². The summed E-state index contributed by atoms with van der Waals surface area (Å²) in [6.45, 7) is 0. The van der Waals surface area contributed by atoms with Gasteiger partial charge in [-0.25, -0.2) is 15.0 Å². The summed E-state index contributed by atoms with van der Waals surface area (Å²) in [5, 5.41) is 5.52. The van der Waals surface area contributed by atoms with Crippen LogP contribution in [0.25, 0.3) is 99.5 Å². The Labute approximate surface area is 301 Å². The molecule has 10 aromatic rings.